The molecule has 0 spiro atoms. The molecule has 0 aliphatic rings. The van der Waals surface area contributed by atoms with Crippen molar-refractivity contribution in [1.82, 2.24) is 9.78 Å². The van der Waals surface area contributed by atoms with Gasteiger partial charge in [0.05, 0.1) is 16.9 Å². The molecular weight excluding hydrogens is 369 g/mol. The zero-order valence-corrected chi connectivity index (χ0v) is 14.9. The first-order chi connectivity index (χ1) is 11.8. The summed E-state index contributed by atoms with van der Waals surface area (Å²) >= 11 is 11.9. The van der Waals surface area contributed by atoms with Crippen LogP contribution in [0.1, 0.15) is 19.8 Å². The minimum Gasteiger partial charge on any atom is -0.550 e. The number of hydrogen-bond acceptors (Lipinski definition) is 5. The number of aliphatic carboxylic acids is 1. The first kappa shape index (κ1) is 19.1. The van der Waals surface area contributed by atoms with Gasteiger partial charge >= 0.3 is 0 Å². The highest BCUT2D eigenvalue weighted by atomic mass is 35.5. The van der Waals surface area contributed by atoms with E-state index in [1.165, 1.54) is 16.9 Å². The maximum atomic E-state index is 12.2. The summed E-state index contributed by atoms with van der Waals surface area (Å²) in [7, 11) is 0. The number of amides is 1. The maximum Gasteiger partial charge on any atom is 0.265 e. The molecule has 134 valence electrons. The van der Waals surface area contributed by atoms with E-state index in [4.69, 9.17) is 27.9 Å². The molecule has 0 saturated carbocycles. The van der Waals surface area contributed by atoms with Gasteiger partial charge in [0.15, 0.2) is 6.10 Å². The highest BCUT2D eigenvalue weighted by molar-refractivity contribution is 6.34. The first-order valence-corrected chi connectivity index (χ1v) is 8.25. The lowest BCUT2D eigenvalue weighted by atomic mass is 10.3. The third-order valence-corrected chi connectivity index (χ3v) is 3.78. The van der Waals surface area contributed by atoms with E-state index in [0.29, 0.717) is 34.4 Å². The van der Waals surface area contributed by atoms with Gasteiger partial charge < -0.3 is 20.0 Å². The summed E-state index contributed by atoms with van der Waals surface area (Å²) in [5.74, 6) is -1.17. The number of carbonyl (C=O) groups excluding carboxylic acids is 2. The Morgan fingerprint density at radius 3 is 2.88 bits per heavy atom. The summed E-state index contributed by atoms with van der Waals surface area (Å²) in [6.45, 7) is 1.99. The van der Waals surface area contributed by atoms with E-state index in [9.17, 15) is 14.7 Å². The highest BCUT2D eigenvalue weighted by Crippen LogP contribution is 2.28. The van der Waals surface area contributed by atoms with Crippen molar-refractivity contribution in [3.8, 4) is 5.75 Å². The number of nitrogens with one attached hydrogen (secondary N) is 1. The maximum absolute atomic E-state index is 12.2. The number of carboxylic acids is 1. The van der Waals surface area contributed by atoms with E-state index in [1.54, 1.807) is 25.3 Å². The smallest absolute Gasteiger partial charge is 0.265 e. The van der Waals surface area contributed by atoms with Crippen molar-refractivity contribution in [3.05, 3.63) is 40.6 Å². The third-order valence-electron chi connectivity index (χ3n) is 3.24. The molecule has 1 atom stereocenters. The SMILES string of the molecule is C[C@@H](Oc1cc(Cl)ccc1Cl)C(=O)Nc1cnn(CCCC(=O)[O-])c1. The number of aromatic nitrogens is 2. The van der Waals surface area contributed by atoms with Crippen molar-refractivity contribution in [3.63, 3.8) is 0 Å². The monoisotopic (exact) mass is 384 g/mol. The van der Waals surface area contributed by atoms with Crippen molar-refractivity contribution >= 4 is 40.8 Å². The fourth-order valence-electron chi connectivity index (χ4n) is 1.99. The van der Waals surface area contributed by atoms with Crippen LogP contribution < -0.4 is 15.2 Å². The summed E-state index contributed by atoms with van der Waals surface area (Å²) in [4.78, 5) is 22.6. The molecule has 2 aromatic rings. The van der Waals surface area contributed by atoms with E-state index < -0.39 is 12.1 Å². The number of aryl methyl sites for hydroxylation is 1. The predicted octanol–water partition coefficient (Wildman–Crippen LogP) is 2.13. The van der Waals surface area contributed by atoms with E-state index in [1.807, 2.05) is 0 Å². The highest BCUT2D eigenvalue weighted by Gasteiger charge is 2.17. The summed E-state index contributed by atoms with van der Waals surface area (Å²) < 4.78 is 7.07. The second-order valence-corrected chi connectivity index (χ2v) is 6.14. The summed E-state index contributed by atoms with van der Waals surface area (Å²) in [6, 6.07) is 4.74. The van der Waals surface area contributed by atoms with Crippen LogP contribution in [-0.4, -0.2) is 27.8 Å². The van der Waals surface area contributed by atoms with Crippen LogP contribution in [0.15, 0.2) is 30.6 Å². The number of ether oxygens (including phenoxy) is 1. The molecule has 7 nitrogen and oxygen atoms in total. The lowest BCUT2D eigenvalue weighted by Gasteiger charge is -2.15. The standard InChI is InChI=1S/C16H17Cl2N3O4/c1-10(25-14-7-11(17)4-5-13(14)18)16(24)20-12-8-19-21(9-12)6-2-3-15(22)23/h4-5,7-10H,2-3,6H2,1H3,(H,20,24)(H,22,23)/p-1/t10-/m1/s1. The number of benzene rings is 1. The van der Waals surface area contributed by atoms with Crippen LogP contribution in [0, 0.1) is 0 Å². The van der Waals surface area contributed by atoms with Gasteiger partial charge in [-0.3, -0.25) is 9.48 Å². The fraction of sp³-hybridized carbons (Fsp3) is 0.312. The van der Waals surface area contributed by atoms with Gasteiger partial charge in [-0.15, -0.1) is 0 Å². The number of carboxylic acid groups (broad SMARTS) is 1. The fourth-order valence-corrected chi connectivity index (χ4v) is 2.32. The molecular formula is C16H16Cl2N3O4-. The molecule has 1 heterocycles. The van der Waals surface area contributed by atoms with Crippen LogP contribution in [0.25, 0.3) is 0 Å². The average Bonchev–Trinajstić information content (AvgIpc) is 2.97. The second-order valence-electron chi connectivity index (χ2n) is 5.29. The summed E-state index contributed by atoms with van der Waals surface area (Å²) in [5, 5.41) is 17.9. The van der Waals surface area contributed by atoms with Gasteiger partial charge in [-0.25, -0.2) is 0 Å². The molecule has 0 saturated heterocycles. The minimum atomic E-state index is -1.11. The van der Waals surface area contributed by atoms with E-state index >= 15 is 0 Å². The van der Waals surface area contributed by atoms with Crippen LogP contribution in [-0.2, 0) is 16.1 Å². The van der Waals surface area contributed by atoms with Crippen molar-refractivity contribution < 1.29 is 19.4 Å². The molecule has 1 aromatic heterocycles. The molecule has 1 amide bonds. The van der Waals surface area contributed by atoms with Gasteiger partial charge in [0, 0.05) is 29.8 Å². The van der Waals surface area contributed by atoms with Gasteiger partial charge in [0.2, 0.25) is 0 Å². The Morgan fingerprint density at radius 1 is 1.40 bits per heavy atom. The van der Waals surface area contributed by atoms with Crippen LogP contribution in [0.2, 0.25) is 10.0 Å². The first-order valence-electron chi connectivity index (χ1n) is 7.50. The number of halogens is 2. The summed E-state index contributed by atoms with van der Waals surface area (Å²) in [5.41, 5.74) is 0.478. The van der Waals surface area contributed by atoms with E-state index in [-0.39, 0.29) is 12.3 Å². The Balaban J connectivity index is 1.89. The number of hydrogen-bond donors (Lipinski definition) is 1. The van der Waals surface area contributed by atoms with Gasteiger partial charge in [-0.2, -0.15) is 5.10 Å². The third kappa shape index (κ3) is 5.95. The quantitative estimate of drug-likeness (QED) is 0.751. The molecule has 1 N–H and O–H groups in total. The largest absolute Gasteiger partial charge is 0.550 e. The van der Waals surface area contributed by atoms with Crippen molar-refractivity contribution in [2.45, 2.75) is 32.4 Å². The lowest BCUT2D eigenvalue weighted by molar-refractivity contribution is -0.305. The molecule has 0 radical (unpaired) electrons. The number of rotatable bonds is 8. The van der Waals surface area contributed by atoms with Crippen molar-refractivity contribution in [2.24, 2.45) is 0 Å². The summed E-state index contributed by atoms with van der Waals surface area (Å²) in [6.07, 6.45) is 2.61. The zero-order chi connectivity index (χ0) is 18.4. The van der Waals surface area contributed by atoms with E-state index in [2.05, 4.69) is 10.4 Å². The molecule has 0 aliphatic carbocycles. The molecule has 0 unspecified atom stereocenters. The molecule has 0 aliphatic heterocycles. The van der Waals surface area contributed by atoms with Gasteiger partial charge in [0.1, 0.15) is 5.75 Å². The van der Waals surface area contributed by atoms with Crippen molar-refractivity contribution in [1.29, 1.82) is 0 Å². The normalized spacial score (nSPS) is 11.8. The number of nitrogens with zero attached hydrogens (tertiary/aromatic N) is 2. The molecule has 25 heavy (non-hydrogen) atoms. The van der Waals surface area contributed by atoms with Crippen LogP contribution in [0.4, 0.5) is 5.69 Å². The van der Waals surface area contributed by atoms with Crippen LogP contribution in [0.3, 0.4) is 0 Å². The number of carbonyl (C=O) groups is 2. The Bertz CT molecular complexity index is 764. The van der Waals surface area contributed by atoms with Crippen LogP contribution in [0.5, 0.6) is 5.75 Å². The number of anilines is 1. The van der Waals surface area contributed by atoms with Gasteiger partial charge in [-0.1, -0.05) is 23.2 Å². The predicted molar refractivity (Wildman–Crippen MR) is 91.6 cm³/mol. The Labute approximate surface area is 154 Å². The Kier molecular flexibility index (Phi) is 6.66. The molecule has 0 fully saturated rings. The lowest BCUT2D eigenvalue weighted by Crippen LogP contribution is -2.30. The van der Waals surface area contributed by atoms with E-state index in [0.717, 1.165) is 0 Å². The molecule has 0 bridgehead atoms. The van der Waals surface area contributed by atoms with Gasteiger partial charge in [0.25, 0.3) is 5.91 Å². The molecule has 1 aromatic carbocycles. The van der Waals surface area contributed by atoms with Gasteiger partial charge in [-0.05, 0) is 31.9 Å². The van der Waals surface area contributed by atoms with Crippen molar-refractivity contribution in [2.75, 3.05) is 5.32 Å². The Morgan fingerprint density at radius 2 is 2.16 bits per heavy atom. The van der Waals surface area contributed by atoms with Crippen LogP contribution >= 0.6 is 23.2 Å². The minimum absolute atomic E-state index is 0.0488. The Hall–Kier alpha value is -2.25. The average molecular weight is 385 g/mol. The molecule has 9 heteroatoms. The zero-order valence-electron chi connectivity index (χ0n) is 13.4. The molecule has 2 rings (SSSR count). The second kappa shape index (κ2) is 8.73. The topological polar surface area (TPSA) is 96.3 Å².